The molecular formula is C11H19NO. The molecule has 0 aliphatic heterocycles. The Labute approximate surface area is 80.9 Å². The maximum Gasteiger partial charge on any atom is 0.180 e. The molecule has 13 heavy (non-hydrogen) atoms. The fraction of sp³-hybridized carbons (Fsp3) is 0.545. The lowest BCUT2D eigenvalue weighted by Crippen LogP contribution is -2.15. The molecule has 0 spiro atoms. The van der Waals surface area contributed by atoms with E-state index in [0.717, 1.165) is 18.7 Å². The van der Waals surface area contributed by atoms with Crippen LogP contribution in [0.2, 0.25) is 0 Å². The Balaban J connectivity index is 4.10. The molecule has 0 amide bonds. The molecule has 0 aromatic heterocycles. The van der Waals surface area contributed by atoms with Crippen molar-refractivity contribution in [2.75, 3.05) is 13.1 Å². The van der Waals surface area contributed by atoms with Gasteiger partial charge in [0.05, 0.1) is 0 Å². The van der Waals surface area contributed by atoms with Crippen LogP contribution >= 0.6 is 0 Å². The molecule has 0 fully saturated rings. The Bertz CT molecular complexity index is 208. The lowest BCUT2D eigenvalue weighted by molar-refractivity contribution is -0.110. The van der Waals surface area contributed by atoms with E-state index in [1.807, 2.05) is 20.0 Å². The van der Waals surface area contributed by atoms with Crippen molar-refractivity contribution in [1.82, 2.24) is 4.90 Å². The maximum atomic E-state index is 11.2. The van der Waals surface area contributed by atoms with Gasteiger partial charge in [0.2, 0.25) is 0 Å². The molecule has 0 saturated heterocycles. The van der Waals surface area contributed by atoms with Crippen LogP contribution in [0, 0.1) is 0 Å². The number of ketones is 1. The Morgan fingerprint density at radius 2 is 1.77 bits per heavy atom. The maximum absolute atomic E-state index is 11.2. The zero-order valence-corrected chi connectivity index (χ0v) is 9.00. The van der Waals surface area contributed by atoms with Gasteiger partial charge in [0, 0.05) is 25.4 Å². The molecule has 74 valence electrons. The highest BCUT2D eigenvalue weighted by atomic mass is 16.1. The lowest BCUT2D eigenvalue weighted by atomic mass is 10.2. The van der Waals surface area contributed by atoms with Crippen LogP contribution in [0.1, 0.15) is 27.7 Å². The fourth-order valence-corrected chi connectivity index (χ4v) is 0.946. The summed E-state index contributed by atoms with van der Waals surface area (Å²) in [6.45, 7) is 9.86. The van der Waals surface area contributed by atoms with Crippen LogP contribution in [0.25, 0.3) is 0 Å². The van der Waals surface area contributed by atoms with Crippen LogP contribution in [0.5, 0.6) is 0 Å². The van der Waals surface area contributed by atoms with Crippen molar-refractivity contribution < 1.29 is 4.79 Å². The largest absolute Gasteiger partial charge is 0.378 e. The van der Waals surface area contributed by atoms with Crippen molar-refractivity contribution in [3.63, 3.8) is 0 Å². The topological polar surface area (TPSA) is 20.3 Å². The second-order valence-corrected chi connectivity index (χ2v) is 3.16. The fourth-order valence-electron chi connectivity index (χ4n) is 0.946. The Hall–Kier alpha value is -1.05. The van der Waals surface area contributed by atoms with E-state index in [-0.39, 0.29) is 5.78 Å². The Kier molecular flexibility index (Phi) is 5.94. The van der Waals surface area contributed by atoms with Crippen molar-refractivity contribution >= 4 is 5.78 Å². The van der Waals surface area contributed by atoms with Gasteiger partial charge in [0.25, 0.3) is 0 Å². The third-order valence-corrected chi connectivity index (χ3v) is 1.69. The number of hydrogen-bond acceptors (Lipinski definition) is 2. The SMILES string of the molecule is CCN(/C=C/C(=O)C=C(C)C)CC. The lowest BCUT2D eigenvalue weighted by Gasteiger charge is -2.13. The molecule has 0 aliphatic rings. The predicted molar refractivity (Wildman–Crippen MR) is 56.5 cm³/mol. The van der Waals surface area contributed by atoms with E-state index in [1.165, 1.54) is 0 Å². The van der Waals surface area contributed by atoms with Gasteiger partial charge in [-0.05, 0) is 33.8 Å². The molecule has 0 N–H and O–H groups in total. The molecule has 2 heteroatoms. The van der Waals surface area contributed by atoms with E-state index in [4.69, 9.17) is 0 Å². The highest BCUT2D eigenvalue weighted by molar-refractivity contribution is 5.99. The summed E-state index contributed by atoms with van der Waals surface area (Å²) in [7, 11) is 0. The average molecular weight is 181 g/mol. The molecule has 0 aromatic rings. The average Bonchev–Trinajstić information content (AvgIpc) is 2.05. The second-order valence-electron chi connectivity index (χ2n) is 3.16. The third kappa shape index (κ3) is 6.14. The number of hydrogen-bond donors (Lipinski definition) is 0. The predicted octanol–water partition coefficient (Wildman–Crippen LogP) is 2.38. The number of carbonyl (C=O) groups excluding carboxylic acids is 1. The Morgan fingerprint density at radius 3 is 2.15 bits per heavy atom. The quantitative estimate of drug-likeness (QED) is 0.607. The molecule has 0 rings (SSSR count). The first kappa shape index (κ1) is 11.9. The summed E-state index contributed by atoms with van der Waals surface area (Å²) >= 11 is 0. The van der Waals surface area contributed by atoms with Crippen LogP contribution in [-0.4, -0.2) is 23.8 Å². The zero-order chi connectivity index (χ0) is 10.3. The van der Waals surface area contributed by atoms with E-state index in [0.29, 0.717) is 0 Å². The van der Waals surface area contributed by atoms with Gasteiger partial charge < -0.3 is 4.90 Å². The zero-order valence-electron chi connectivity index (χ0n) is 9.00. The summed E-state index contributed by atoms with van der Waals surface area (Å²) in [5.41, 5.74) is 1.04. The number of allylic oxidation sites excluding steroid dienone is 3. The van der Waals surface area contributed by atoms with Crippen molar-refractivity contribution in [2.24, 2.45) is 0 Å². The van der Waals surface area contributed by atoms with Crippen molar-refractivity contribution in [2.45, 2.75) is 27.7 Å². The van der Waals surface area contributed by atoms with Gasteiger partial charge in [0.1, 0.15) is 0 Å². The molecule has 0 bridgehead atoms. The third-order valence-electron chi connectivity index (χ3n) is 1.69. The monoisotopic (exact) mass is 181 g/mol. The first-order chi connectivity index (χ1) is 6.10. The smallest absolute Gasteiger partial charge is 0.180 e. The van der Waals surface area contributed by atoms with Gasteiger partial charge in [-0.25, -0.2) is 0 Å². The van der Waals surface area contributed by atoms with Gasteiger partial charge >= 0.3 is 0 Å². The summed E-state index contributed by atoms with van der Waals surface area (Å²) in [4.78, 5) is 13.3. The van der Waals surface area contributed by atoms with Crippen LogP contribution in [0.15, 0.2) is 23.9 Å². The normalized spacial score (nSPS) is 10.2. The van der Waals surface area contributed by atoms with Crippen LogP contribution in [0.4, 0.5) is 0 Å². The molecule has 0 atom stereocenters. The molecule has 2 nitrogen and oxygen atoms in total. The minimum absolute atomic E-state index is 0.0619. The van der Waals surface area contributed by atoms with Gasteiger partial charge in [-0.3, -0.25) is 4.79 Å². The van der Waals surface area contributed by atoms with E-state index in [1.54, 1.807) is 12.2 Å². The highest BCUT2D eigenvalue weighted by Gasteiger charge is 1.92. The van der Waals surface area contributed by atoms with Gasteiger partial charge in [-0.2, -0.15) is 0 Å². The molecule has 0 aliphatic carbocycles. The second kappa shape index (κ2) is 6.46. The van der Waals surface area contributed by atoms with Gasteiger partial charge in [0.15, 0.2) is 5.78 Å². The minimum atomic E-state index is 0.0619. The summed E-state index contributed by atoms with van der Waals surface area (Å²) in [5.74, 6) is 0.0619. The number of carbonyl (C=O) groups is 1. The van der Waals surface area contributed by atoms with Crippen LogP contribution in [-0.2, 0) is 4.79 Å². The molecular weight excluding hydrogens is 162 g/mol. The minimum Gasteiger partial charge on any atom is -0.378 e. The number of nitrogens with zero attached hydrogens (tertiary/aromatic N) is 1. The van der Waals surface area contributed by atoms with Crippen LogP contribution in [0.3, 0.4) is 0 Å². The summed E-state index contributed by atoms with van der Waals surface area (Å²) in [6.07, 6.45) is 5.10. The van der Waals surface area contributed by atoms with Crippen molar-refractivity contribution in [3.05, 3.63) is 23.9 Å². The van der Waals surface area contributed by atoms with E-state index in [9.17, 15) is 4.79 Å². The first-order valence-electron chi connectivity index (χ1n) is 4.71. The van der Waals surface area contributed by atoms with Gasteiger partial charge in [-0.15, -0.1) is 0 Å². The van der Waals surface area contributed by atoms with Crippen molar-refractivity contribution in [1.29, 1.82) is 0 Å². The molecule has 0 unspecified atom stereocenters. The molecule has 0 aromatic carbocycles. The summed E-state index contributed by atoms with van der Waals surface area (Å²) in [5, 5.41) is 0. The van der Waals surface area contributed by atoms with E-state index < -0.39 is 0 Å². The standard InChI is InChI=1S/C11H19NO/c1-5-12(6-2)8-7-11(13)9-10(3)4/h7-9H,5-6H2,1-4H3/b8-7+. The number of rotatable bonds is 5. The van der Waals surface area contributed by atoms with E-state index in [2.05, 4.69) is 18.7 Å². The van der Waals surface area contributed by atoms with E-state index >= 15 is 0 Å². The van der Waals surface area contributed by atoms with Crippen LogP contribution < -0.4 is 0 Å². The molecule has 0 heterocycles. The van der Waals surface area contributed by atoms with Gasteiger partial charge in [-0.1, -0.05) is 5.57 Å². The summed E-state index contributed by atoms with van der Waals surface area (Å²) < 4.78 is 0. The first-order valence-corrected chi connectivity index (χ1v) is 4.71. The highest BCUT2D eigenvalue weighted by Crippen LogP contribution is 1.93. The van der Waals surface area contributed by atoms with Crippen molar-refractivity contribution in [3.8, 4) is 0 Å². The Morgan fingerprint density at radius 1 is 1.23 bits per heavy atom. The summed E-state index contributed by atoms with van der Waals surface area (Å²) in [6, 6.07) is 0. The molecule has 0 radical (unpaired) electrons. The molecule has 0 saturated carbocycles.